The number of nitrogens with one attached hydrogen (secondary N) is 1. The molecular formula is C22H18N4O3. The van der Waals surface area contributed by atoms with Crippen LogP contribution >= 0.6 is 0 Å². The molecule has 0 atom stereocenters. The molecule has 0 saturated carbocycles. The van der Waals surface area contributed by atoms with E-state index in [-0.39, 0.29) is 12.3 Å². The number of aromatic nitrogens is 3. The lowest BCUT2D eigenvalue weighted by molar-refractivity contribution is -0.116. The molecule has 5 rings (SSSR count). The van der Waals surface area contributed by atoms with Crippen LogP contribution in [0.4, 0.5) is 11.5 Å². The normalized spacial score (nSPS) is 13.0. The molecular weight excluding hydrogens is 368 g/mol. The number of anilines is 2. The van der Waals surface area contributed by atoms with Crippen LogP contribution in [0.1, 0.15) is 5.69 Å². The smallest absolute Gasteiger partial charge is 0.238 e. The van der Waals surface area contributed by atoms with Gasteiger partial charge in [0.1, 0.15) is 0 Å². The van der Waals surface area contributed by atoms with Crippen LogP contribution in [-0.4, -0.2) is 35.1 Å². The Labute approximate surface area is 166 Å². The number of amides is 1. The predicted octanol–water partition coefficient (Wildman–Crippen LogP) is 3.86. The summed E-state index contributed by atoms with van der Waals surface area (Å²) < 4.78 is 10.7. The number of hydrogen-bond acceptors (Lipinski definition) is 5. The lowest BCUT2D eigenvalue weighted by Gasteiger charge is -2.17. The average Bonchev–Trinajstić information content (AvgIpc) is 3.35. The highest BCUT2D eigenvalue weighted by Crippen LogP contribution is 2.37. The van der Waals surface area contributed by atoms with E-state index in [1.54, 1.807) is 25.3 Å². The molecule has 0 fully saturated rings. The molecule has 3 heterocycles. The quantitative estimate of drug-likeness (QED) is 0.576. The van der Waals surface area contributed by atoms with Gasteiger partial charge in [0.25, 0.3) is 0 Å². The lowest BCUT2D eigenvalue weighted by atomic mass is 10.1. The Morgan fingerprint density at radius 1 is 1.03 bits per heavy atom. The van der Waals surface area contributed by atoms with E-state index in [1.807, 2.05) is 48.7 Å². The molecule has 0 radical (unpaired) electrons. The third-order valence-corrected chi connectivity index (χ3v) is 5.08. The van der Waals surface area contributed by atoms with Crippen molar-refractivity contribution in [2.45, 2.75) is 6.42 Å². The second kappa shape index (κ2) is 6.63. The minimum atomic E-state index is -0.0423. The van der Waals surface area contributed by atoms with Gasteiger partial charge in [0.2, 0.25) is 5.91 Å². The minimum Gasteiger partial charge on any atom is -0.493 e. The summed E-state index contributed by atoms with van der Waals surface area (Å²) in [5.41, 5.74) is 3.96. The Morgan fingerprint density at radius 2 is 1.90 bits per heavy atom. The maximum Gasteiger partial charge on any atom is 0.238 e. The lowest BCUT2D eigenvalue weighted by Crippen LogP contribution is -2.21. The van der Waals surface area contributed by atoms with Crippen molar-refractivity contribution in [1.29, 1.82) is 0 Å². The van der Waals surface area contributed by atoms with Crippen molar-refractivity contribution in [2.75, 3.05) is 19.1 Å². The van der Waals surface area contributed by atoms with E-state index in [9.17, 15) is 4.79 Å². The van der Waals surface area contributed by atoms with Crippen LogP contribution in [0, 0.1) is 0 Å². The van der Waals surface area contributed by atoms with Gasteiger partial charge >= 0.3 is 0 Å². The van der Waals surface area contributed by atoms with E-state index in [0.717, 1.165) is 22.2 Å². The van der Waals surface area contributed by atoms with Crippen LogP contribution in [0.2, 0.25) is 0 Å². The molecule has 2 aromatic carbocycles. The number of H-pyrrole nitrogens is 1. The molecule has 29 heavy (non-hydrogen) atoms. The Bertz CT molecular complexity index is 1250. The number of fused-ring (bicyclic) bond motifs is 2. The summed E-state index contributed by atoms with van der Waals surface area (Å²) in [6.07, 6.45) is 3.80. The summed E-state index contributed by atoms with van der Waals surface area (Å²) in [5.74, 6) is 1.77. The van der Waals surface area contributed by atoms with E-state index < -0.39 is 0 Å². The molecule has 0 aliphatic carbocycles. The molecule has 144 valence electrons. The first-order chi connectivity index (χ1) is 14.2. The topological polar surface area (TPSA) is 80.3 Å². The predicted molar refractivity (Wildman–Crippen MR) is 110 cm³/mol. The number of ether oxygens (including phenoxy) is 2. The van der Waals surface area contributed by atoms with Gasteiger partial charge in [0.15, 0.2) is 17.3 Å². The van der Waals surface area contributed by atoms with Gasteiger partial charge in [-0.1, -0.05) is 0 Å². The largest absolute Gasteiger partial charge is 0.493 e. The van der Waals surface area contributed by atoms with Crippen molar-refractivity contribution in [3.05, 3.63) is 60.6 Å². The minimum absolute atomic E-state index is 0.0423. The third-order valence-electron chi connectivity index (χ3n) is 5.08. The summed E-state index contributed by atoms with van der Waals surface area (Å²) in [6, 6.07) is 13.4. The fourth-order valence-corrected chi connectivity index (χ4v) is 3.63. The van der Waals surface area contributed by atoms with Crippen LogP contribution in [0.15, 0.2) is 54.9 Å². The van der Waals surface area contributed by atoms with E-state index >= 15 is 0 Å². The van der Waals surface area contributed by atoms with Crippen LogP contribution < -0.4 is 14.4 Å². The number of nitrogens with zero attached hydrogens (tertiary/aromatic N) is 3. The molecule has 0 saturated heterocycles. The van der Waals surface area contributed by atoms with Crippen molar-refractivity contribution in [1.82, 2.24) is 15.0 Å². The zero-order chi connectivity index (χ0) is 20.0. The van der Waals surface area contributed by atoms with Crippen LogP contribution in [-0.2, 0) is 11.2 Å². The average molecular weight is 386 g/mol. The molecule has 7 nitrogen and oxygen atoms in total. The highest BCUT2D eigenvalue weighted by molar-refractivity contribution is 6.07. The first-order valence-corrected chi connectivity index (χ1v) is 9.16. The summed E-state index contributed by atoms with van der Waals surface area (Å²) >= 11 is 0. The molecule has 0 bridgehead atoms. The van der Waals surface area contributed by atoms with Crippen molar-refractivity contribution in [2.24, 2.45) is 0 Å². The molecule has 0 spiro atoms. The number of carbonyl (C=O) groups is 1. The highest BCUT2D eigenvalue weighted by Gasteiger charge is 2.32. The van der Waals surface area contributed by atoms with Crippen molar-refractivity contribution in [3.63, 3.8) is 0 Å². The molecule has 0 unspecified atom stereocenters. The molecule has 7 heteroatoms. The highest BCUT2D eigenvalue weighted by atomic mass is 16.5. The Morgan fingerprint density at radius 3 is 2.72 bits per heavy atom. The van der Waals surface area contributed by atoms with Gasteiger partial charge < -0.3 is 14.5 Å². The number of benzene rings is 2. The second-order valence-electron chi connectivity index (χ2n) is 6.75. The molecule has 1 aliphatic heterocycles. The van der Waals surface area contributed by atoms with Gasteiger partial charge in [0, 0.05) is 22.7 Å². The fourth-order valence-electron chi connectivity index (χ4n) is 3.63. The first kappa shape index (κ1) is 17.2. The molecule has 1 amide bonds. The fraction of sp³-hybridized carbons (Fsp3) is 0.136. The number of carbonyl (C=O) groups excluding carboxylic acids is 1. The van der Waals surface area contributed by atoms with Crippen LogP contribution in [0.25, 0.3) is 22.2 Å². The summed E-state index contributed by atoms with van der Waals surface area (Å²) in [6.45, 7) is 0. The Hall–Kier alpha value is -3.87. The van der Waals surface area contributed by atoms with Crippen molar-refractivity contribution in [3.8, 4) is 22.8 Å². The van der Waals surface area contributed by atoms with Crippen LogP contribution in [0.3, 0.4) is 0 Å². The molecule has 1 N–H and O–H groups in total. The maximum absolute atomic E-state index is 12.7. The summed E-state index contributed by atoms with van der Waals surface area (Å²) in [7, 11) is 3.19. The van der Waals surface area contributed by atoms with Gasteiger partial charge in [-0.05, 0) is 42.5 Å². The molecule has 4 aromatic rings. The number of aromatic amines is 1. The zero-order valence-electron chi connectivity index (χ0n) is 16.0. The van der Waals surface area contributed by atoms with Crippen LogP contribution in [0.5, 0.6) is 11.5 Å². The van der Waals surface area contributed by atoms with Gasteiger partial charge in [-0.3, -0.25) is 14.7 Å². The second-order valence-corrected chi connectivity index (χ2v) is 6.75. The molecule has 1 aliphatic rings. The summed E-state index contributed by atoms with van der Waals surface area (Å²) in [5, 5.41) is 1.03. The SMILES string of the molecule is COc1ccc(-c2cnc3c(n2)N(c2ccc4[nH]ccc4c2)C(=O)C3)cc1OC. The van der Waals surface area contributed by atoms with E-state index in [1.165, 1.54) is 0 Å². The van der Waals surface area contributed by atoms with E-state index in [4.69, 9.17) is 14.5 Å². The number of rotatable bonds is 4. The van der Waals surface area contributed by atoms with Crippen molar-refractivity contribution < 1.29 is 14.3 Å². The third kappa shape index (κ3) is 2.79. The first-order valence-electron chi connectivity index (χ1n) is 9.16. The standard InChI is InChI=1S/C22H18N4O3/c1-28-19-6-3-13(10-20(19)29-2)18-12-24-17-11-21(27)26(22(17)25-18)15-4-5-16-14(9-15)7-8-23-16/h3-10,12,23H,11H2,1-2H3. The molecule has 2 aromatic heterocycles. The van der Waals surface area contributed by atoms with Gasteiger partial charge in [-0.25, -0.2) is 4.98 Å². The van der Waals surface area contributed by atoms with E-state index in [0.29, 0.717) is 28.7 Å². The van der Waals surface area contributed by atoms with E-state index in [2.05, 4.69) is 9.97 Å². The number of methoxy groups -OCH3 is 2. The maximum atomic E-state index is 12.7. The zero-order valence-corrected chi connectivity index (χ0v) is 16.0. The van der Waals surface area contributed by atoms with Gasteiger partial charge in [-0.2, -0.15) is 0 Å². The van der Waals surface area contributed by atoms with Crippen molar-refractivity contribution >= 4 is 28.3 Å². The summed E-state index contributed by atoms with van der Waals surface area (Å²) in [4.78, 5) is 26.8. The van der Waals surface area contributed by atoms with Gasteiger partial charge in [-0.15, -0.1) is 0 Å². The Kier molecular flexibility index (Phi) is 3.94. The monoisotopic (exact) mass is 386 g/mol. The number of hydrogen-bond donors (Lipinski definition) is 1. The van der Waals surface area contributed by atoms with Gasteiger partial charge in [0.05, 0.1) is 43.9 Å². The Balaban J connectivity index is 1.59.